The van der Waals surface area contributed by atoms with Gasteiger partial charge in [0.1, 0.15) is 18.4 Å². The molecular formula is C41H44N4O10S. The number of ether oxygens (including phenoxy) is 7. The van der Waals surface area contributed by atoms with E-state index in [9.17, 15) is 20.0 Å². The first-order valence-electron chi connectivity index (χ1n) is 18.7. The topological polar surface area (TPSA) is 161 Å². The fraction of sp³-hybridized carbons (Fsp3) is 0.488. The molecule has 0 aromatic heterocycles. The number of benzene rings is 3. The number of nitrogens with zero attached hydrogens (tertiary/aromatic N) is 3. The Morgan fingerprint density at radius 1 is 1.02 bits per heavy atom. The summed E-state index contributed by atoms with van der Waals surface area (Å²) in [7, 11) is 6.82. The van der Waals surface area contributed by atoms with Crippen LogP contribution in [0.15, 0.2) is 18.2 Å². The minimum Gasteiger partial charge on any atom is -0.504 e. The van der Waals surface area contributed by atoms with Crippen molar-refractivity contribution in [3.05, 3.63) is 62.7 Å². The van der Waals surface area contributed by atoms with Gasteiger partial charge in [0.25, 0.3) is 0 Å². The van der Waals surface area contributed by atoms with E-state index in [1.807, 2.05) is 13.8 Å². The zero-order valence-corrected chi connectivity index (χ0v) is 33.1. The van der Waals surface area contributed by atoms with Crippen LogP contribution in [0.4, 0.5) is 0 Å². The molecule has 2 N–H and O–H groups in total. The van der Waals surface area contributed by atoms with E-state index in [-0.39, 0.29) is 42.7 Å². The largest absolute Gasteiger partial charge is 0.504 e. The Bertz CT molecular complexity index is 2240. The van der Waals surface area contributed by atoms with Gasteiger partial charge < -0.3 is 38.3 Å². The van der Waals surface area contributed by atoms with Gasteiger partial charge in [0.15, 0.2) is 40.0 Å². The van der Waals surface area contributed by atoms with Gasteiger partial charge in [-0.1, -0.05) is 6.07 Å². The van der Waals surface area contributed by atoms with Crippen LogP contribution in [-0.4, -0.2) is 99.0 Å². The molecule has 15 heteroatoms. The van der Waals surface area contributed by atoms with E-state index in [0.29, 0.717) is 64.8 Å². The molecule has 7 heterocycles. The number of hydrogen-bond donors (Lipinski definition) is 2. The molecule has 7 aliphatic rings. The summed E-state index contributed by atoms with van der Waals surface area (Å²) in [5.41, 5.74) is 5.13. The van der Waals surface area contributed by atoms with E-state index < -0.39 is 40.9 Å². The molecule has 2 unspecified atom stereocenters. The van der Waals surface area contributed by atoms with Gasteiger partial charge in [-0.15, -0.1) is 11.8 Å². The van der Waals surface area contributed by atoms with Gasteiger partial charge in [-0.3, -0.25) is 19.9 Å². The highest BCUT2D eigenvalue weighted by Crippen LogP contribution is 2.64. The SMILES string of the molecule is COc1cc2c(cc1O)CCN[C@]21CS[C@@H]2c3c(OC(C)=O)c(C)c4c(c3[C@H](COC1=O)N1C2[C@H]2c3c(cc(C)c(OC)c3OC)CC([C@@H]1C#N)N2C)OCO4. The number of nitriles is 1. The van der Waals surface area contributed by atoms with Gasteiger partial charge in [0.05, 0.1) is 44.7 Å². The van der Waals surface area contributed by atoms with Crippen molar-refractivity contribution in [2.24, 2.45) is 0 Å². The summed E-state index contributed by atoms with van der Waals surface area (Å²) in [4.78, 5) is 32.3. The van der Waals surface area contributed by atoms with Crippen LogP contribution >= 0.6 is 11.8 Å². The second-order valence-electron chi connectivity index (χ2n) is 15.3. The third-order valence-corrected chi connectivity index (χ3v) is 14.1. The number of phenols is 1. The van der Waals surface area contributed by atoms with Crippen molar-refractivity contribution in [2.45, 2.75) is 74.6 Å². The predicted molar refractivity (Wildman–Crippen MR) is 203 cm³/mol. The van der Waals surface area contributed by atoms with Crippen LogP contribution in [0.25, 0.3) is 0 Å². The molecule has 0 aliphatic carbocycles. The summed E-state index contributed by atoms with van der Waals surface area (Å²) in [6.07, 6.45) is 1.15. The first-order chi connectivity index (χ1) is 27.0. The lowest BCUT2D eigenvalue weighted by Gasteiger charge is -2.62. The second kappa shape index (κ2) is 13.4. The Balaban J connectivity index is 1.34. The van der Waals surface area contributed by atoms with E-state index in [2.05, 4.69) is 34.3 Å². The quantitative estimate of drug-likeness (QED) is 0.285. The van der Waals surface area contributed by atoms with Gasteiger partial charge in [0, 0.05) is 53.6 Å². The first kappa shape index (κ1) is 36.7. The molecule has 10 rings (SSSR count). The third kappa shape index (κ3) is 4.98. The van der Waals surface area contributed by atoms with Crippen LogP contribution in [-0.2, 0) is 32.7 Å². The number of phenolic OH excluding ortho intramolecular Hbond substituents is 1. The van der Waals surface area contributed by atoms with Crippen molar-refractivity contribution in [3.8, 4) is 46.3 Å². The van der Waals surface area contributed by atoms with E-state index in [1.165, 1.54) is 25.8 Å². The molecule has 56 heavy (non-hydrogen) atoms. The number of carbonyl (C=O) groups excluding carboxylic acids is 2. The van der Waals surface area contributed by atoms with Crippen molar-refractivity contribution in [2.75, 3.05) is 54.1 Å². The Hall–Kier alpha value is -4.88. The van der Waals surface area contributed by atoms with E-state index >= 15 is 0 Å². The number of likely N-dealkylation sites (N-methyl/N-ethyl adjacent to an activating group) is 1. The molecule has 3 aromatic carbocycles. The number of aromatic hydroxyl groups is 1. The molecule has 4 bridgehead atoms. The van der Waals surface area contributed by atoms with Crippen molar-refractivity contribution in [3.63, 3.8) is 0 Å². The summed E-state index contributed by atoms with van der Waals surface area (Å²) >= 11 is 1.53. The minimum atomic E-state index is -1.34. The molecule has 7 atom stereocenters. The standard InChI is InChI=1S/C41H44N4O10S/c1-18-10-22-11-24-25(14-42)45-26-15-52-40(48)41(23-13-28(49-5)27(47)12-21(23)8-9-43-41)16-56-39(33(45)32(44(24)4)29(22)37(51-7)34(18)50-6)31-30(26)38-36(53-17-54-38)19(2)35(31)55-20(3)46/h10,12-13,24-26,32-33,39,43,47H,8-9,11,15-17H2,1-7H3/t24?,25-,26-,32+,33?,39+,41+/m0/s1. The number of fused-ring (bicyclic) bond motifs is 9. The summed E-state index contributed by atoms with van der Waals surface area (Å²) in [5, 5.41) is 25.0. The zero-order chi connectivity index (χ0) is 39.4. The number of rotatable bonds is 4. The van der Waals surface area contributed by atoms with E-state index in [1.54, 1.807) is 26.4 Å². The predicted octanol–water partition coefficient (Wildman–Crippen LogP) is 4.29. The lowest BCUT2D eigenvalue weighted by molar-refractivity contribution is -0.157. The number of esters is 2. The molecule has 3 aromatic rings. The van der Waals surface area contributed by atoms with Gasteiger partial charge in [-0.2, -0.15) is 5.26 Å². The smallest absolute Gasteiger partial charge is 0.331 e. The van der Waals surface area contributed by atoms with Crippen LogP contribution < -0.4 is 33.7 Å². The Kier molecular flexibility index (Phi) is 8.77. The molecule has 14 nitrogen and oxygen atoms in total. The van der Waals surface area contributed by atoms with Crippen molar-refractivity contribution >= 4 is 23.7 Å². The highest BCUT2D eigenvalue weighted by Gasteiger charge is 2.62. The molecule has 2 fully saturated rings. The summed E-state index contributed by atoms with van der Waals surface area (Å²) in [6.45, 7) is 5.49. The number of nitrogens with one attached hydrogen (secondary N) is 1. The molecular weight excluding hydrogens is 741 g/mol. The molecule has 0 radical (unpaired) electrons. The lowest BCUT2D eigenvalue weighted by Crippen LogP contribution is -2.69. The van der Waals surface area contributed by atoms with E-state index in [4.69, 9.17) is 33.2 Å². The highest BCUT2D eigenvalue weighted by atomic mass is 32.2. The summed E-state index contributed by atoms with van der Waals surface area (Å²) in [6, 6.07) is 5.81. The highest BCUT2D eigenvalue weighted by molar-refractivity contribution is 7.99. The monoisotopic (exact) mass is 784 g/mol. The summed E-state index contributed by atoms with van der Waals surface area (Å²) in [5.74, 6) is 2.01. The van der Waals surface area contributed by atoms with Gasteiger partial charge in [0.2, 0.25) is 6.79 Å². The average molecular weight is 785 g/mol. The normalized spacial score (nSPS) is 28.6. The molecule has 0 amide bonds. The van der Waals surface area contributed by atoms with E-state index in [0.717, 1.165) is 27.8 Å². The number of methoxy groups -OCH3 is 3. The third-order valence-electron chi connectivity index (χ3n) is 12.6. The van der Waals surface area contributed by atoms with Gasteiger partial charge >= 0.3 is 11.9 Å². The molecule has 0 saturated carbocycles. The zero-order valence-electron chi connectivity index (χ0n) is 32.3. The Morgan fingerprint density at radius 2 is 1.79 bits per heavy atom. The van der Waals surface area contributed by atoms with Crippen molar-refractivity contribution in [1.82, 2.24) is 15.1 Å². The Morgan fingerprint density at radius 3 is 2.50 bits per heavy atom. The molecule has 1 spiro atoms. The fourth-order valence-electron chi connectivity index (χ4n) is 10.4. The van der Waals surface area contributed by atoms with Gasteiger partial charge in [-0.25, -0.2) is 4.79 Å². The van der Waals surface area contributed by atoms with Crippen molar-refractivity contribution in [1.29, 1.82) is 5.26 Å². The average Bonchev–Trinajstić information content (AvgIpc) is 3.67. The van der Waals surface area contributed by atoms with Crippen molar-refractivity contribution < 1.29 is 47.9 Å². The number of thioether (sulfide) groups is 1. The fourth-order valence-corrected chi connectivity index (χ4v) is 12.1. The maximum Gasteiger partial charge on any atom is 0.331 e. The first-order valence-corrected chi connectivity index (χ1v) is 19.8. The number of aryl methyl sites for hydroxylation is 1. The Labute approximate surface area is 328 Å². The van der Waals surface area contributed by atoms with Crippen LogP contribution in [0.5, 0.6) is 40.2 Å². The van der Waals surface area contributed by atoms with Crippen LogP contribution in [0, 0.1) is 25.2 Å². The summed E-state index contributed by atoms with van der Waals surface area (Å²) < 4.78 is 42.7. The number of hydrogen-bond acceptors (Lipinski definition) is 15. The second-order valence-corrected chi connectivity index (χ2v) is 16.4. The number of piperazine rings is 1. The lowest BCUT2D eigenvalue weighted by atomic mass is 9.71. The van der Waals surface area contributed by atoms with Gasteiger partial charge in [-0.05, 0) is 68.1 Å². The van der Waals surface area contributed by atoms with Crippen LogP contribution in [0.2, 0.25) is 0 Å². The van der Waals surface area contributed by atoms with Crippen LogP contribution in [0.3, 0.4) is 0 Å². The molecule has 7 aliphatic heterocycles. The maximum atomic E-state index is 14.8. The molecule has 294 valence electrons. The maximum absolute atomic E-state index is 14.8. The minimum absolute atomic E-state index is 0.0108. The molecule has 2 saturated heterocycles. The number of carbonyl (C=O) groups is 2. The van der Waals surface area contributed by atoms with Crippen LogP contribution in [0.1, 0.15) is 68.8 Å².